The zero-order valence-corrected chi connectivity index (χ0v) is 12.0. The number of hydrogen-bond donors (Lipinski definition) is 1. The quantitative estimate of drug-likeness (QED) is 0.781. The molecule has 0 spiro atoms. The smallest absolute Gasteiger partial charge is 0.119 e. The van der Waals surface area contributed by atoms with Crippen LogP contribution in [0.25, 0.3) is 0 Å². The molecule has 0 radical (unpaired) electrons. The zero-order valence-electron chi connectivity index (χ0n) is 12.0. The van der Waals surface area contributed by atoms with Crippen LogP contribution in [0.15, 0.2) is 24.3 Å². The molecule has 0 amide bonds. The minimum absolute atomic E-state index is 0.193. The SMILES string of the molecule is CC[C@H]1CC[C@H](c2ccc(OCCCO)cc2)CC1. The second-order valence-electron chi connectivity index (χ2n) is 5.62. The Morgan fingerprint density at radius 2 is 1.79 bits per heavy atom. The van der Waals surface area contributed by atoms with Gasteiger partial charge in [-0.1, -0.05) is 25.5 Å². The topological polar surface area (TPSA) is 29.5 Å². The van der Waals surface area contributed by atoms with Crippen molar-refractivity contribution < 1.29 is 9.84 Å². The van der Waals surface area contributed by atoms with Gasteiger partial charge in [-0.25, -0.2) is 0 Å². The van der Waals surface area contributed by atoms with Crippen molar-refractivity contribution in [3.63, 3.8) is 0 Å². The molecule has 1 fully saturated rings. The molecule has 1 aromatic rings. The lowest BCUT2D eigenvalue weighted by Gasteiger charge is -2.28. The molecule has 0 saturated heterocycles. The molecule has 0 aromatic heterocycles. The highest BCUT2D eigenvalue weighted by Crippen LogP contribution is 2.37. The summed E-state index contributed by atoms with van der Waals surface area (Å²) in [6.07, 6.45) is 7.48. The fourth-order valence-corrected chi connectivity index (χ4v) is 2.99. The lowest BCUT2D eigenvalue weighted by atomic mass is 9.78. The molecule has 0 aliphatic heterocycles. The van der Waals surface area contributed by atoms with E-state index in [0.29, 0.717) is 13.0 Å². The van der Waals surface area contributed by atoms with E-state index in [4.69, 9.17) is 9.84 Å². The number of rotatable bonds is 6. The maximum Gasteiger partial charge on any atom is 0.119 e. The number of aliphatic hydroxyl groups excluding tert-OH is 1. The van der Waals surface area contributed by atoms with Crippen LogP contribution in [-0.4, -0.2) is 18.3 Å². The van der Waals surface area contributed by atoms with E-state index < -0.39 is 0 Å². The molecule has 1 aliphatic rings. The third-order valence-corrected chi connectivity index (χ3v) is 4.35. The summed E-state index contributed by atoms with van der Waals surface area (Å²) in [5.41, 5.74) is 1.46. The number of ether oxygens (including phenoxy) is 1. The van der Waals surface area contributed by atoms with Gasteiger partial charge in [-0.15, -0.1) is 0 Å². The molecular weight excluding hydrogens is 236 g/mol. The Bertz CT molecular complexity index is 350. The Kier molecular flexibility index (Phi) is 5.71. The highest BCUT2D eigenvalue weighted by Gasteiger charge is 2.21. The van der Waals surface area contributed by atoms with Gasteiger partial charge in [-0.05, 0) is 55.2 Å². The van der Waals surface area contributed by atoms with Crippen LogP contribution in [0.3, 0.4) is 0 Å². The fraction of sp³-hybridized carbons (Fsp3) is 0.647. The number of benzene rings is 1. The third-order valence-electron chi connectivity index (χ3n) is 4.35. The first-order valence-corrected chi connectivity index (χ1v) is 7.67. The van der Waals surface area contributed by atoms with E-state index in [2.05, 4.69) is 31.2 Å². The van der Waals surface area contributed by atoms with Gasteiger partial charge in [0.25, 0.3) is 0 Å². The molecule has 2 rings (SSSR count). The fourth-order valence-electron chi connectivity index (χ4n) is 2.99. The van der Waals surface area contributed by atoms with Crippen LogP contribution in [0.4, 0.5) is 0 Å². The van der Waals surface area contributed by atoms with E-state index in [-0.39, 0.29) is 6.61 Å². The van der Waals surface area contributed by atoms with Gasteiger partial charge in [0.15, 0.2) is 0 Å². The summed E-state index contributed by atoms with van der Waals surface area (Å²) in [6, 6.07) is 8.56. The molecule has 1 aliphatic carbocycles. The van der Waals surface area contributed by atoms with Crippen LogP contribution in [0.1, 0.15) is 56.9 Å². The van der Waals surface area contributed by atoms with Crippen molar-refractivity contribution in [1.82, 2.24) is 0 Å². The number of hydrogen-bond acceptors (Lipinski definition) is 2. The zero-order chi connectivity index (χ0) is 13.5. The minimum atomic E-state index is 0.193. The average molecular weight is 262 g/mol. The third kappa shape index (κ3) is 4.24. The Labute approximate surface area is 116 Å². The highest BCUT2D eigenvalue weighted by atomic mass is 16.5. The normalized spacial score (nSPS) is 23.3. The van der Waals surface area contributed by atoms with Gasteiger partial charge in [-0.2, -0.15) is 0 Å². The largest absolute Gasteiger partial charge is 0.494 e. The van der Waals surface area contributed by atoms with Crippen molar-refractivity contribution in [1.29, 1.82) is 0 Å². The van der Waals surface area contributed by atoms with Crippen LogP contribution in [0.5, 0.6) is 5.75 Å². The Hall–Kier alpha value is -1.02. The van der Waals surface area contributed by atoms with E-state index in [0.717, 1.165) is 17.6 Å². The molecule has 106 valence electrons. The first-order chi connectivity index (χ1) is 9.33. The summed E-state index contributed by atoms with van der Waals surface area (Å²) < 4.78 is 5.56. The summed E-state index contributed by atoms with van der Waals surface area (Å²) in [5.74, 6) is 2.62. The van der Waals surface area contributed by atoms with Crippen molar-refractivity contribution in [3.8, 4) is 5.75 Å². The molecule has 19 heavy (non-hydrogen) atoms. The van der Waals surface area contributed by atoms with Gasteiger partial charge in [0.2, 0.25) is 0 Å². The summed E-state index contributed by atoms with van der Waals surface area (Å²) in [6.45, 7) is 3.10. The summed E-state index contributed by atoms with van der Waals surface area (Å²) in [4.78, 5) is 0. The highest BCUT2D eigenvalue weighted by molar-refractivity contribution is 5.29. The minimum Gasteiger partial charge on any atom is -0.494 e. The van der Waals surface area contributed by atoms with Crippen LogP contribution in [-0.2, 0) is 0 Å². The second kappa shape index (κ2) is 7.54. The molecule has 2 heteroatoms. The van der Waals surface area contributed by atoms with Crippen molar-refractivity contribution >= 4 is 0 Å². The van der Waals surface area contributed by atoms with Crippen LogP contribution in [0, 0.1) is 5.92 Å². The van der Waals surface area contributed by atoms with Crippen LogP contribution >= 0.6 is 0 Å². The second-order valence-corrected chi connectivity index (χ2v) is 5.62. The predicted molar refractivity (Wildman–Crippen MR) is 78.6 cm³/mol. The molecular formula is C17H26O2. The van der Waals surface area contributed by atoms with E-state index >= 15 is 0 Å². The van der Waals surface area contributed by atoms with E-state index in [1.807, 2.05) is 0 Å². The molecule has 0 heterocycles. The van der Waals surface area contributed by atoms with Gasteiger partial charge < -0.3 is 9.84 Å². The van der Waals surface area contributed by atoms with Crippen molar-refractivity contribution in [2.75, 3.05) is 13.2 Å². The predicted octanol–water partition coefficient (Wildman–Crippen LogP) is 4.13. The lowest BCUT2D eigenvalue weighted by Crippen LogP contribution is -2.12. The molecule has 1 N–H and O–H groups in total. The first kappa shape index (κ1) is 14.4. The van der Waals surface area contributed by atoms with E-state index in [1.54, 1.807) is 0 Å². The summed E-state index contributed by atoms with van der Waals surface area (Å²) in [7, 11) is 0. The van der Waals surface area contributed by atoms with Crippen molar-refractivity contribution in [3.05, 3.63) is 29.8 Å². The molecule has 1 saturated carbocycles. The Balaban J connectivity index is 1.84. The summed E-state index contributed by atoms with van der Waals surface area (Å²) in [5, 5.41) is 8.72. The summed E-state index contributed by atoms with van der Waals surface area (Å²) >= 11 is 0. The van der Waals surface area contributed by atoms with E-state index in [9.17, 15) is 0 Å². The van der Waals surface area contributed by atoms with Crippen molar-refractivity contribution in [2.24, 2.45) is 5.92 Å². The standard InChI is InChI=1S/C17H26O2/c1-2-14-4-6-15(7-5-14)16-8-10-17(11-9-16)19-13-3-12-18/h8-11,14-15,18H,2-7,12-13H2,1H3/t14-,15-. The van der Waals surface area contributed by atoms with Gasteiger partial charge in [-0.3, -0.25) is 0 Å². The monoisotopic (exact) mass is 262 g/mol. The molecule has 1 aromatic carbocycles. The number of aliphatic hydroxyl groups is 1. The van der Waals surface area contributed by atoms with Crippen LogP contribution < -0.4 is 4.74 Å². The first-order valence-electron chi connectivity index (χ1n) is 7.67. The Morgan fingerprint density at radius 1 is 1.11 bits per heavy atom. The van der Waals surface area contributed by atoms with Gasteiger partial charge in [0, 0.05) is 13.0 Å². The van der Waals surface area contributed by atoms with Crippen molar-refractivity contribution in [2.45, 2.75) is 51.4 Å². The molecule has 0 atom stereocenters. The molecule has 2 nitrogen and oxygen atoms in total. The molecule has 0 unspecified atom stereocenters. The average Bonchev–Trinajstić information content (AvgIpc) is 2.48. The van der Waals surface area contributed by atoms with E-state index in [1.165, 1.54) is 37.7 Å². The maximum atomic E-state index is 8.72. The molecule has 0 bridgehead atoms. The maximum absolute atomic E-state index is 8.72. The van der Waals surface area contributed by atoms with Crippen LogP contribution in [0.2, 0.25) is 0 Å². The van der Waals surface area contributed by atoms with Gasteiger partial charge in [0.1, 0.15) is 5.75 Å². The van der Waals surface area contributed by atoms with Gasteiger partial charge >= 0.3 is 0 Å². The lowest BCUT2D eigenvalue weighted by molar-refractivity contribution is 0.233. The Morgan fingerprint density at radius 3 is 2.37 bits per heavy atom. The van der Waals surface area contributed by atoms with Gasteiger partial charge in [0.05, 0.1) is 6.61 Å².